The van der Waals surface area contributed by atoms with Gasteiger partial charge in [-0.25, -0.2) is 0 Å². The number of carbonyl (C=O) groups is 1. The summed E-state index contributed by atoms with van der Waals surface area (Å²) in [6.45, 7) is 2.57. The third-order valence-corrected chi connectivity index (χ3v) is 7.25. The third-order valence-electron chi connectivity index (χ3n) is 7.25. The fourth-order valence-corrected chi connectivity index (χ4v) is 5.36. The molecular formula is C24H29N5O2. The molecule has 1 saturated heterocycles. The van der Waals surface area contributed by atoms with Gasteiger partial charge < -0.3 is 9.64 Å². The normalized spacial score (nSPS) is 21.9. The van der Waals surface area contributed by atoms with Crippen molar-refractivity contribution in [2.45, 2.75) is 63.6 Å². The number of aromatic nitrogens is 4. The number of rotatable bonds is 5. The van der Waals surface area contributed by atoms with E-state index in [1.54, 1.807) is 0 Å². The third kappa shape index (κ3) is 3.55. The molecule has 2 fully saturated rings. The van der Waals surface area contributed by atoms with E-state index in [2.05, 4.69) is 30.9 Å². The molecule has 1 unspecified atom stereocenters. The van der Waals surface area contributed by atoms with Crippen LogP contribution in [0, 0.1) is 5.92 Å². The number of nitrogens with one attached hydrogen (secondary N) is 1. The molecule has 31 heavy (non-hydrogen) atoms. The quantitative estimate of drug-likeness (QED) is 0.688. The number of fused-ring (bicyclic) bond motifs is 2. The highest BCUT2D eigenvalue weighted by atomic mass is 16.5. The molecule has 7 heteroatoms. The minimum atomic E-state index is 0.163. The lowest BCUT2D eigenvalue weighted by Gasteiger charge is -2.34. The molecule has 0 radical (unpaired) electrons. The maximum atomic E-state index is 13.8. The first-order valence-electron chi connectivity index (χ1n) is 11.6. The number of aryl methyl sites for hydroxylation is 1. The van der Waals surface area contributed by atoms with E-state index in [1.807, 2.05) is 24.5 Å². The lowest BCUT2D eigenvalue weighted by Crippen LogP contribution is -2.44. The zero-order valence-corrected chi connectivity index (χ0v) is 17.8. The molecule has 3 aliphatic rings. The van der Waals surface area contributed by atoms with Gasteiger partial charge in [0.05, 0.1) is 23.5 Å². The van der Waals surface area contributed by atoms with Crippen molar-refractivity contribution in [1.82, 2.24) is 24.9 Å². The SMILES string of the molecule is O=C(c1cccc2c1cnn2CC1CCOCC1)N(C1CC1)C1CCc2[nH]ncc2C1. The van der Waals surface area contributed by atoms with E-state index in [9.17, 15) is 4.79 Å². The second-order valence-corrected chi connectivity index (χ2v) is 9.33. The number of ether oxygens (including phenoxy) is 1. The van der Waals surface area contributed by atoms with Crippen molar-refractivity contribution in [3.8, 4) is 0 Å². The number of aromatic amines is 1. The highest BCUT2D eigenvalue weighted by molar-refractivity contribution is 6.06. The Labute approximate surface area is 181 Å². The van der Waals surface area contributed by atoms with Gasteiger partial charge in [0.25, 0.3) is 5.91 Å². The van der Waals surface area contributed by atoms with Gasteiger partial charge in [-0.05, 0) is 68.6 Å². The van der Waals surface area contributed by atoms with E-state index >= 15 is 0 Å². The molecule has 1 saturated carbocycles. The van der Waals surface area contributed by atoms with Gasteiger partial charge in [0, 0.05) is 42.9 Å². The second-order valence-electron chi connectivity index (χ2n) is 9.33. The lowest BCUT2D eigenvalue weighted by atomic mass is 9.91. The number of carbonyl (C=O) groups excluding carboxylic acids is 1. The van der Waals surface area contributed by atoms with Crippen molar-refractivity contribution in [2.24, 2.45) is 5.92 Å². The van der Waals surface area contributed by atoms with Crippen molar-refractivity contribution in [2.75, 3.05) is 13.2 Å². The van der Waals surface area contributed by atoms with Gasteiger partial charge in [-0.2, -0.15) is 10.2 Å². The number of hydrogen-bond donors (Lipinski definition) is 1. The molecule has 1 atom stereocenters. The molecule has 2 aromatic heterocycles. The van der Waals surface area contributed by atoms with Crippen LogP contribution >= 0.6 is 0 Å². The van der Waals surface area contributed by atoms with E-state index < -0.39 is 0 Å². The molecular weight excluding hydrogens is 390 g/mol. The van der Waals surface area contributed by atoms with Crippen LogP contribution < -0.4 is 0 Å². The van der Waals surface area contributed by atoms with Crippen LogP contribution in [0.25, 0.3) is 10.9 Å². The van der Waals surface area contributed by atoms with Gasteiger partial charge in [-0.1, -0.05) is 6.07 Å². The van der Waals surface area contributed by atoms with Gasteiger partial charge in [-0.3, -0.25) is 14.6 Å². The Morgan fingerprint density at radius 1 is 1.13 bits per heavy atom. The van der Waals surface area contributed by atoms with E-state index in [-0.39, 0.29) is 11.9 Å². The van der Waals surface area contributed by atoms with Crippen LogP contribution in [0.5, 0.6) is 0 Å². The molecule has 1 aliphatic heterocycles. The second kappa shape index (κ2) is 7.79. The Bertz CT molecular complexity index is 1090. The standard InChI is InChI=1S/C24H29N5O2/c30-24(29(18-4-5-18)19-6-7-22-17(12-19)13-25-27-22)20-2-1-3-23-21(20)14-26-28(23)15-16-8-10-31-11-9-16/h1-3,13-14,16,18-19H,4-12,15H2,(H,25,27). The summed E-state index contributed by atoms with van der Waals surface area (Å²) in [5.41, 5.74) is 4.35. The summed E-state index contributed by atoms with van der Waals surface area (Å²) in [6.07, 6.45) is 11.0. The minimum absolute atomic E-state index is 0.163. The average molecular weight is 420 g/mol. The van der Waals surface area contributed by atoms with Crippen molar-refractivity contribution < 1.29 is 9.53 Å². The fraction of sp³-hybridized carbons (Fsp3) is 0.542. The van der Waals surface area contributed by atoms with Crippen molar-refractivity contribution in [3.05, 3.63) is 47.4 Å². The molecule has 7 nitrogen and oxygen atoms in total. The smallest absolute Gasteiger partial charge is 0.255 e. The Kier molecular flexibility index (Phi) is 4.78. The molecule has 162 valence electrons. The summed E-state index contributed by atoms with van der Waals surface area (Å²) < 4.78 is 7.59. The molecule has 1 aromatic carbocycles. The van der Waals surface area contributed by atoms with Gasteiger partial charge in [0.1, 0.15) is 0 Å². The molecule has 3 aromatic rings. The first-order valence-corrected chi connectivity index (χ1v) is 11.6. The maximum Gasteiger partial charge on any atom is 0.255 e. The molecule has 0 bridgehead atoms. The fourth-order valence-electron chi connectivity index (χ4n) is 5.36. The van der Waals surface area contributed by atoms with Crippen molar-refractivity contribution in [1.29, 1.82) is 0 Å². The number of amides is 1. The average Bonchev–Trinajstić information content (AvgIpc) is 3.37. The van der Waals surface area contributed by atoms with E-state index in [1.165, 1.54) is 11.3 Å². The number of nitrogens with zero attached hydrogens (tertiary/aromatic N) is 4. The maximum absolute atomic E-state index is 13.8. The Hall–Kier alpha value is -2.67. The topological polar surface area (TPSA) is 76.0 Å². The summed E-state index contributed by atoms with van der Waals surface area (Å²) in [4.78, 5) is 16.0. The predicted molar refractivity (Wildman–Crippen MR) is 117 cm³/mol. The van der Waals surface area contributed by atoms with Gasteiger partial charge in [-0.15, -0.1) is 0 Å². The summed E-state index contributed by atoms with van der Waals surface area (Å²) in [5, 5.41) is 13.0. The number of H-pyrrole nitrogens is 1. The van der Waals surface area contributed by atoms with Gasteiger partial charge in [0.2, 0.25) is 0 Å². The van der Waals surface area contributed by atoms with Gasteiger partial charge >= 0.3 is 0 Å². The summed E-state index contributed by atoms with van der Waals surface area (Å²) in [7, 11) is 0. The Morgan fingerprint density at radius 3 is 2.84 bits per heavy atom. The molecule has 0 spiro atoms. The van der Waals surface area contributed by atoms with Crippen LogP contribution in [0.1, 0.15) is 53.7 Å². The van der Waals surface area contributed by atoms with Crippen LogP contribution in [0.4, 0.5) is 0 Å². The van der Waals surface area contributed by atoms with Crippen LogP contribution in [0.3, 0.4) is 0 Å². The summed E-state index contributed by atoms with van der Waals surface area (Å²) in [6, 6.07) is 6.71. The largest absolute Gasteiger partial charge is 0.381 e. The Balaban J connectivity index is 1.29. The molecule has 2 aliphatic carbocycles. The minimum Gasteiger partial charge on any atom is -0.381 e. The van der Waals surface area contributed by atoms with Crippen LogP contribution in [-0.2, 0) is 24.1 Å². The Morgan fingerprint density at radius 2 is 2.00 bits per heavy atom. The van der Waals surface area contributed by atoms with Crippen LogP contribution in [-0.4, -0.2) is 56.1 Å². The summed E-state index contributed by atoms with van der Waals surface area (Å²) in [5.74, 6) is 0.751. The van der Waals surface area contributed by atoms with Crippen LogP contribution in [0.15, 0.2) is 30.6 Å². The summed E-state index contributed by atoms with van der Waals surface area (Å²) >= 11 is 0. The van der Waals surface area contributed by atoms with Crippen LogP contribution in [0.2, 0.25) is 0 Å². The number of hydrogen-bond acceptors (Lipinski definition) is 4. The van der Waals surface area contributed by atoms with Gasteiger partial charge in [0.15, 0.2) is 0 Å². The predicted octanol–water partition coefficient (Wildman–Crippen LogP) is 3.35. The van der Waals surface area contributed by atoms with E-state index in [4.69, 9.17) is 4.74 Å². The molecule has 3 heterocycles. The first-order chi connectivity index (χ1) is 15.3. The van der Waals surface area contributed by atoms with E-state index in [0.29, 0.717) is 12.0 Å². The molecule has 1 N–H and O–H groups in total. The lowest BCUT2D eigenvalue weighted by molar-refractivity contribution is 0.0605. The monoisotopic (exact) mass is 419 g/mol. The molecule has 6 rings (SSSR count). The number of benzene rings is 1. The van der Waals surface area contributed by atoms with E-state index in [0.717, 1.165) is 81.2 Å². The van der Waals surface area contributed by atoms with Crippen molar-refractivity contribution >= 4 is 16.8 Å². The van der Waals surface area contributed by atoms with Crippen molar-refractivity contribution in [3.63, 3.8) is 0 Å². The molecule has 1 amide bonds. The first kappa shape index (κ1) is 19.0. The zero-order valence-electron chi connectivity index (χ0n) is 17.8. The highest BCUT2D eigenvalue weighted by Gasteiger charge is 2.39. The zero-order chi connectivity index (χ0) is 20.8. The highest BCUT2D eigenvalue weighted by Crippen LogP contribution is 2.35.